The van der Waals surface area contributed by atoms with Gasteiger partial charge in [-0.2, -0.15) is 5.26 Å². The second-order valence-corrected chi connectivity index (χ2v) is 3.50. The molecule has 0 aliphatic heterocycles. The molecule has 3 nitrogen and oxygen atoms in total. The maximum absolute atomic E-state index is 10.7. The molecule has 0 radical (unpaired) electrons. The van der Waals surface area contributed by atoms with Crippen molar-refractivity contribution in [3.63, 3.8) is 0 Å². The van der Waals surface area contributed by atoms with Crippen LogP contribution in [0.15, 0.2) is 34.3 Å². The van der Waals surface area contributed by atoms with Gasteiger partial charge in [0.05, 0.1) is 0 Å². The Morgan fingerprint density at radius 1 is 1.43 bits per heavy atom. The van der Waals surface area contributed by atoms with Crippen LogP contribution in [0.4, 0.5) is 0 Å². The first kappa shape index (κ1) is 10.5. The smallest absolute Gasteiger partial charge is 0.259 e. The van der Waals surface area contributed by atoms with Crippen LogP contribution in [0.2, 0.25) is 0 Å². The second-order valence-electron chi connectivity index (χ2n) is 2.59. The number of halogens is 1. The SMILES string of the molecule is N#CC(=Cc1ccc(Br)cc1)C(N)=O. The minimum atomic E-state index is -0.713. The van der Waals surface area contributed by atoms with Gasteiger partial charge in [0.15, 0.2) is 0 Å². The molecule has 0 fully saturated rings. The first-order chi connectivity index (χ1) is 6.63. The fraction of sp³-hybridized carbons (Fsp3) is 0. The minimum absolute atomic E-state index is 0.0488. The number of carbonyl (C=O) groups is 1. The van der Waals surface area contributed by atoms with Crippen molar-refractivity contribution in [2.45, 2.75) is 0 Å². The van der Waals surface area contributed by atoms with E-state index >= 15 is 0 Å². The van der Waals surface area contributed by atoms with Gasteiger partial charge in [0, 0.05) is 4.47 Å². The predicted molar refractivity (Wildman–Crippen MR) is 56.9 cm³/mol. The molecule has 1 aromatic rings. The molecule has 1 amide bonds. The summed E-state index contributed by atoms with van der Waals surface area (Å²) in [6.45, 7) is 0. The van der Waals surface area contributed by atoms with E-state index in [1.807, 2.05) is 12.1 Å². The van der Waals surface area contributed by atoms with Gasteiger partial charge in [-0.3, -0.25) is 4.79 Å². The summed E-state index contributed by atoms with van der Waals surface area (Å²) in [6.07, 6.45) is 1.45. The first-order valence-electron chi connectivity index (χ1n) is 3.80. The van der Waals surface area contributed by atoms with Crippen molar-refractivity contribution in [2.24, 2.45) is 5.73 Å². The third-order valence-corrected chi connectivity index (χ3v) is 2.10. The molecule has 1 aromatic carbocycles. The zero-order chi connectivity index (χ0) is 10.6. The van der Waals surface area contributed by atoms with Crippen molar-refractivity contribution in [3.8, 4) is 6.07 Å². The highest BCUT2D eigenvalue weighted by Crippen LogP contribution is 2.12. The lowest BCUT2D eigenvalue weighted by Gasteiger charge is -1.94. The number of amides is 1. The van der Waals surface area contributed by atoms with Gasteiger partial charge in [-0.15, -0.1) is 0 Å². The van der Waals surface area contributed by atoms with Crippen molar-refractivity contribution in [2.75, 3.05) is 0 Å². The number of hydrogen-bond donors (Lipinski definition) is 1. The van der Waals surface area contributed by atoms with Crippen LogP contribution in [-0.4, -0.2) is 5.91 Å². The maximum Gasteiger partial charge on any atom is 0.259 e. The summed E-state index contributed by atoms with van der Waals surface area (Å²) in [5, 5.41) is 8.58. The Labute approximate surface area is 90.0 Å². The van der Waals surface area contributed by atoms with E-state index in [0.29, 0.717) is 0 Å². The number of rotatable bonds is 2. The van der Waals surface area contributed by atoms with Gasteiger partial charge in [-0.05, 0) is 23.8 Å². The summed E-state index contributed by atoms with van der Waals surface area (Å²) in [6, 6.07) is 8.95. The van der Waals surface area contributed by atoms with Crippen LogP contribution in [0, 0.1) is 11.3 Å². The summed E-state index contributed by atoms with van der Waals surface area (Å²) in [4.78, 5) is 10.7. The van der Waals surface area contributed by atoms with Gasteiger partial charge in [0.25, 0.3) is 5.91 Å². The van der Waals surface area contributed by atoms with E-state index in [2.05, 4.69) is 15.9 Å². The molecule has 0 saturated heterocycles. The zero-order valence-electron chi connectivity index (χ0n) is 7.20. The highest BCUT2D eigenvalue weighted by atomic mass is 79.9. The van der Waals surface area contributed by atoms with Crippen molar-refractivity contribution in [1.29, 1.82) is 5.26 Å². The molecule has 0 saturated carbocycles. The molecule has 0 heterocycles. The van der Waals surface area contributed by atoms with Gasteiger partial charge in [-0.1, -0.05) is 28.1 Å². The minimum Gasteiger partial charge on any atom is -0.365 e. The molecule has 2 N–H and O–H groups in total. The lowest BCUT2D eigenvalue weighted by molar-refractivity contribution is -0.114. The molecule has 0 spiro atoms. The van der Waals surface area contributed by atoms with Gasteiger partial charge in [0.2, 0.25) is 0 Å². The molecule has 4 heteroatoms. The molecule has 0 aromatic heterocycles. The van der Waals surface area contributed by atoms with E-state index in [1.54, 1.807) is 18.2 Å². The van der Waals surface area contributed by atoms with Gasteiger partial charge in [0.1, 0.15) is 11.6 Å². The molecule has 70 valence electrons. The zero-order valence-corrected chi connectivity index (χ0v) is 8.78. The predicted octanol–water partition coefficient (Wildman–Crippen LogP) is 1.84. The van der Waals surface area contributed by atoms with Crippen LogP contribution < -0.4 is 5.73 Å². The van der Waals surface area contributed by atoms with E-state index in [1.165, 1.54) is 6.08 Å². The fourth-order valence-corrected chi connectivity index (χ4v) is 1.15. The molecule has 0 atom stereocenters. The molecular formula is C10H7BrN2O. The summed E-state index contributed by atoms with van der Waals surface area (Å²) >= 11 is 3.28. The molecule has 0 aliphatic carbocycles. The maximum atomic E-state index is 10.7. The van der Waals surface area contributed by atoms with Crippen LogP contribution in [0.25, 0.3) is 6.08 Å². The van der Waals surface area contributed by atoms with Gasteiger partial charge < -0.3 is 5.73 Å². The number of nitrogens with zero attached hydrogens (tertiary/aromatic N) is 1. The Bertz CT molecular complexity index is 415. The quantitative estimate of drug-likeness (QED) is 0.643. The lowest BCUT2D eigenvalue weighted by atomic mass is 10.1. The normalized spacial score (nSPS) is 10.7. The monoisotopic (exact) mass is 250 g/mol. The van der Waals surface area contributed by atoms with Crippen LogP contribution in [0.5, 0.6) is 0 Å². The molecule has 0 unspecified atom stereocenters. The van der Waals surface area contributed by atoms with Crippen molar-refractivity contribution in [1.82, 2.24) is 0 Å². The summed E-state index contributed by atoms with van der Waals surface area (Å²) in [5.41, 5.74) is 5.70. The summed E-state index contributed by atoms with van der Waals surface area (Å²) in [7, 11) is 0. The van der Waals surface area contributed by atoms with Crippen LogP contribution >= 0.6 is 15.9 Å². The Kier molecular flexibility index (Phi) is 3.43. The number of nitriles is 1. The summed E-state index contributed by atoms with van der Waals surface area (Å²) < 4.78 is 0.937. The molecular weight excluding hydrogens is 244 g/mol. The van der Waals surface area contributed by atoms with Gasteiger partial charge >= 0.3 is 0 Å². The lowest BCUT2D eigenvalue weighted by Crippen LogP contribution is -2.12. The highest BCUT2D eigenvalue weighted by molar-refractivity contribution is 9.10. The average molecular weight is 251 g/mol. The van der Waals surface area contributed by atoms with Crippen LogP contribution in [-0.2, 0) is 4.79 Å². The van der Waals surface area contributed by atoms with Crippen molar-refractivity contribution in [3.05, 3.63) is 39.9 Å². The molecule has 0 aliphatic rings. The van der Waals surface area contributed by atoms with Crippen molar-refractivity contribution < 1.29 is 4.79 Å². The number of hydrogen-bond acceptors (Lipinski definition) is 2. The third-order valence-electron chi connectivity index (χ3n) is 1.57. The van der Waals surface area contributed by atoms with Crippen LogP contribution in [0.3, 0.4) is 0 Å². The number of carbonyl (C=O) groups excluding carboxylic acids is 1. The number of benzene rings is 1. The second kappa shape index (κ2) is 4.58. The Morgan fingerprint density at radius 3 is 2.43 bits per heavy atom. The van der Waals surface area contributed by atoms with E-state index in [-0.39, 0.29) is 5.57 Å². The Balaban J connectivity index is 3.03. The standard InChI is InChI=1S/C10H7BrN2O/c11-9-3-1-7(2-4-9)5-8(6-12)10(13)14/h1-5H,(H2,13,14). The van der Waals surface area contributed by atoms with E-state index in [4.69, 9.17) is 11.0 Å². The van der Waals surface area contributed by atoms with E-state index in [9.17, 15) is 4.79 Å². The third kappa shape index (κ3) is 2.71. The van der Waals surface area contributed by atoms with Gasteiger partial charge in [-0.25, -0.2) is 0 Å². The summed E-state index contributed by atoms with van der Waals surface area (Å²) in [5.74, 6) is -0.713. The Hall–Kier alpha value is -1.60. The van der Waals surface area contributed by atoms with Crippen LogP contribution in [0.1, 0.15) is 5.56 Å². The molecule has 0 bridgehead atoms. The number of primary amides is 1. The largest absolute Gasteiger partial charge is 0.365 e. The van der Waals surface area contributed by atoms with Crippen molar-refractivity contribution >= 4 is 27.9 Å². The highest BCUT2D eigenvalue weighted by Gasteiger charge is 2.02. The van der Waals surface area contributed by atoms with E-state index < -0.39 is 5.91 Å². The Morgan fingerprint density at radius 2 is 2.00 bits per heavy atom. The van der Waals surface area contributed by atoms with E-state index in [0.717, 1.165) is 10.0 Å². The topological polar surface area (TPSA) is 66.9 Å². The fourth-order valence-electron chi connectivity index (χ4n) is 0.884. The first-order valence-corrected chi connectivity index (χ1v) is 4.60. The molecule has 14 heavy (non-hydrogen) atoms. The number of nitrogens with two attached hydrogens (primary N) is 1. The average Bonchev–Trinajstić information content (AvgIpc) is 2.16. The molecule has 1 rings (SSSR count).